The Hall–Kier alpha value is -2.24. The lowest BCUT2D eigenvalue weighted by atomic mass is 9.91. The van der Waals surface area contributed by atoms with Gasteiger partial charge in [0, 0.05) is 35.8 Å². The molecule has 3 fully saturated rings. The van der Waals surface area contributed by atoms with Crippen LogP contribution in [0.15, 0.2) is 27.6 Å². The zero-order valence-electron chi connectivity index (χ0n) is 16.8. The van der Waals surface area contributed by atoms with Gasteiger partial charge in [-0.1, -0.05) is 15.9 Å². The summed E-state index contributed by atoms with van der Waals surface area (Å²) in [5, 5.41) is 4.99. The molecule has 11 heteroatoms. The lowest BCUT2D eigenvalue weighted by Crippen LogP contribution is -2.70. The first-order valence-corrected chi connectivity index (χ1v) is 12.3. The van der Waals surface area contributed by atoms with Crippen LogP contribution >= 0.6 is 15.9 Å². The molecule has 0 saturated carbocycles. The summed E-state index contributed by atoms with van der Waals surface area (Å²) in [6, 6.07) is 3.85. The fraction of sp³-hybridized carbons (Fsp3) is 0.421. The first kappa shape index (κ1) is 19.7. The zero-order valence-corrected chi connectivity index (χ0v) is 19.2. The van der Waals surface area contributed by atoms with Gasteiger partial charge < -0.3 is 4.90 Å². The number of anilines is 1. The summed E-state index contributed by atoms with van der Waals surface area (Å²) in [5.74, 6) is 0.435. The van der Waals surface area contributed by atoms with E-state index in [0.29, 0.717) is 30.1 Å². The minimum atomic E-state index is -3.22. The third-order valence-electron chi connectivity index (χ3n) is 5.87. The number of nitrogens with zero attached hydrogens (tertiary/aromatic N) is 5. The monoisotopic (exact) mass is 492 g/mol. The lowest BCUT2D eigenvalue weighted by molar-refractivity contribution is 0.0880. The number of hydrogen-bond donors (Lipinski definition) is 1. The van der Waals surface area contributed by atoms with Gasteiger partial charge in [0.1, 0.15) is 5.39 Å². The van der Waals surface area contributed by atoms with Gasteiger partial charge in [-0.25, -0.2) is 13.1 Å². The van der Waals surface area contributed by atoms with Crippen LogP contribution in [0.3, 0.4) is 0 Å². The average Bonchev–Trinajstić information content (AvgIpc) is 3.03. The van der Waals surface area contributed by atoms with Crippen molar-refractivity contribution in [2.24, 2.45) is 0 Å². The molecular formula is C19H21BrN6O3S. The highest BCUT2D eigenvalue weighted by Gasteiger charge is 2.49. The van der Waals surface area contributed by atoms with Crippen LogP contribution in [0.4, 0.5) is 5.95 Å². The van der Waals surface area contributed by atoms with Gasteiger partial charge in [-0.3, -0.25) is 9.78 Å². The summed E-state index contributed by atoms with van der Waals surface area (Å²) in [6.07, 6.45) is 3.78. The summed E-state index contributed by atoms with van der Waals surface area (Å²) < 4.78 is 28.1. The molecule has 0 amide bonds. The number of piperidine rings is 1. The van der Waals surface area contributed by atoms with Gasteiger partial charge in [-0.05, 0) is 43.5 Å². The van der Waals surface area contributed by atoms with Crippen molar-refractivity contribution < 1.29 is 8.42 Å². The number of benzene rings is 1. The fourth-order valence-corrected chi connectivity index (χ4v) is 6.80. The van der Waals surface area contributed by atoms with E-state index in [1.165, 1.54) is 6.26 Å². The summed E-state index contributed by atoms with van der Waals surface area (Å²) in [7, 11) is -3.22. The second-order valence-corrected chi connectivity index (χ2v) is 10.9. The maximum Gasteiger partial charge on any atom is 0.263 e. The van der Waals surface area contributed by atoms with Gasteiger partial charge >= 0.3 is 0 Å². The number of halogens is 1. The number of fused-ring (bicyclic) bond motifs is 3. The van der Waals surface area contributed by atoms with Gasteiger partial charge in [0.05, 0.1) is 11.9 Å². The minimum absolute atomic E-state index is 0.0784. The van der Waals surface area contributed by atoms with Crippen LogP contribution in [-0.4, -0.2) is 63.9 Å². The number of aryl methyl sites for hydroxylation is 2. The van der Waals surface area contributed by atoms with Crippen molar-refractivity contribution >= 4 is 42.9 Å². The molecule has 5 heterocycles. The van der Waals surface area contributed by atoms with Crippen LogP contribution in [-0.2, 0) is 10.0 Å². The van der Waals surface area contributed by atoms with Crippen LogP contribution in [0.2, 0.25) is 0 Å². The van der Waals surface area contributed by atoms with Gasteiger partial charge in [0.15, 0.2) is 5.65 Å². The Morgan fingerprint density at radius 2 is 1.80 bits per heavy atom. The van der Waals surface area contributed by atoms with E-state index in [9.17, 15) is 13.2 Å². The number of aromatic amines is 1. The number of sulfonamides is 1. The molecule has 0 spiro atoms. The Bertz CT molecular complexity index is 1310. The molecule has 158 valence electrons. The molecule has 3 aromatic rings. The quantitative estimate of drug-likeness (QED) is 0.596. The Balaban J connectivity index is 1.51. The smallest absolute Gasteiger partial charge is 0.263 e. The van der Waals surface area contributed by atoms with Crippen LogP contribution in [0.1, 0.15) is 17.5 Å². The second-order valence-electron chi connectivity index (χ2n) is 8.13. The maximum absolute atomic E-state index is 12.7. The van der Waals surface area contributed by atoms with E-state index in [1.54, 1.807) is 15.2 Å². The second kappa shape index (κ2) is 6.63. The zero-order chi connectivity index (χ0) is 21.4. The highest BCUT2D eigenvalue weighted by Crippen LogP contribution is 2.35. The molecule has 1 aromatic carbocycles. The summed E-state index contributed by atoms with van der Waals surface area (Å²) in [5.41, 5.74) is 3.09. The fourth-order valence-electron chi connectivity index (χ4n) is 4.72. The van der Waals surface area contributed by atoms with Crippen molar-refractivity contribution in [1.29, 1.82) is 0 Å². The molecule has 2 unspecified atom stereocenters. The van der Waals surface area contributed by atoms with Crippen molar-refractivity contribution in [2.45, 2.75) is 32.4 Å². The molecular weight excluding hydrogens is 472 g/mol. The van der Waals surface area contributed by atoms with Crippen molar-refractivity contribution in [3.8, 4) is 5.69 Å². The number of piperazine rings is 1. The summed E-state index contributed by atoms with van der Waals surface area (Å²) in [6.45, 7) is 5.00. The Kier molecular flexibility index (Phi) is 4.35. The van der Waals surface area contributed by atoms with E-state index in [2.05, 4.69) is 31.0 Å². The van der Waals surface area contributed by atoms with Crippen LogP contribution in [0.25, 0.3) is 16.7 Å². The standard InChI is InChI=1S/C19H21BrN6O3S/c1-10-4-12(20)5-11(2)16(10)25-9-15-17(23-25)21-19(22-18(15)27)24-7-13-6-14(8-24)26(13)30(3,28)29/h4-5,9,13-14H,6-8H2,1-3H3,(H,21,22,23,27). The van der Waals surface area contributed by atoms with Crippen LogP contribution < -0.4 is 10.5 Å². The van der Waals surface area contributed by atoms with Crippen molar-refractivity contribution in [2.75, 3.05) is 24.2 Å². The van der Waals surface area contributed by atoms with Gasteiger partial charge in [-0.15, -0.1) is 5.10 Å². The summed E-state index contributed by atoms with van der Waals surface area (Å²) in [4.78, 5) is 22.1. The third-order valence-corrected chi connectivity index (χ3v) is 7.69. The number of rotatable bonds is 3. The molecule has 30 heavy (non-hydrogen) atoms. The highest BCUT2D eigenvalue weighted by atomic mass is 79.9. The van der Waals surface area contributed by atoms with E-state index in [1.807, 2.05) is 30.9 Å². The van der Waals surface area contributed by atoms with Crippen LogP contribution in [0, 0.1) is 13.8 Å². The molecule has 0 radical (unpaired) electrons. The third kappa shape index (κ3) is 3.07. The first-order valence-electron chi connectivity index (χ1n) is 9.62. The molecule has 1 N–H and O–H groups in total. The van der Waals surface area contributed by atoms with Crippen molar-refractivity contribution in [3.63, 3.8) is 0 Å². The Labute approximate surface area is 181 Å². The topological polar surface area (TPSA) is 104 Å². The van der Waals surface area contributed by atoms with Gasteiger partial charge in [0.2, 0.25) is 16.0 Å². The predicted molar refractivity (Wildman–Crippen MR) is 118 cm³/mol. The van der Waals surface area contributed by atoms with Crippen molar-refractivity contribution in [3.05, 3.63) is 44.3 Å². The number of nitrogens with one attached hydrogen (secondary N) is 1. The Morgan fingerprint density at radius 1 is 1.17 bits per heavy atom. The molecule has 3 saturated heterocycles. The molecule has 2 aromatic heterocycles. The molecule has 2 bridgehead atoms. The van der Waals surface area contributed by atoms with E-state index in [-0.39, 0.29) is 17.6 Å². The molecule has 2 atom stereocenters. The number of hydrogen-bond acceptors (Lipinski definition) is 6. The highest BCUT2D eigenvalue weighted by molar-refractivity contribution is 9.10. The predicted octanol–water partition coefficient (Wildman–Crippen LogP) is 1.71. The molecule has 9 nitrogen and oxygen atoms in total. The van der Waals surface area contributed by atoms with Crippen LogP contribution in [0.5, 0.6) is 0 Å². The SMILES string of the molecule is Cc1cc(Br)cc(C)c1-n1cc2c(=O)[nH]c(N3CC4CC(C3)N4S(C)(=O)=O)nc2n1. The average molecular weight is 493 g/mol. The van der Waals surface area contributed by atoms with Gasteiger partial charge in [-0.2, -0.15) is 9.29 Å². The molecule has 6 rings (SSSR count). The maximum atomic E-state index is 12.7. The lowest BCUT2D eigenvalue weighted by Gasteiger charge is -2.54. The van der Waals surface area contributed by atoms with E-state index in [0.717, 1.165) is 27.7 Å². The number of H-pyrrole nitrogens is 1. The molecule has 3 aliphatic heterocycles. The van der Waals surface area contributed by atoms with Crippen molar-refractivity contribution in [1.82, 2.24) is 24.1 Å². The molecule has 3 aliphatic rings. The number of aromatic nitrogens is 4. The minimum Gasteiger partial charge on any atom is -0.339 e. The van der Waals surface area contributed by atoms with E-state index >= 15 is 0 Å². The normalized spacial score (nSPS) is 21.8. The van der Waals surface area contributed by atoms with Gasteiger partial charge in [0.25, 0.3) is 5.56 Å². The van der Waals surface area contributed by atoms with E-state index in [4.69, 9.17) is 0 Å². The largest absolute Gasteiger partial charge is 0.339 e. The van der Waals surface area contributed by atoms with E-state index < -0.39 is 10.0 Å². The first-order chi connectivity index (χ1) is 14.1. The summed E-state index contributed by atoms with van der Waals surface area (Å²) >= 11 is 3.50. The molecule has 0 aliphatic carbocycles. The Morgan fingerprint density at radius 3 is 2.40 bits per heavy atom.